The number of nitriles is 1. The van der Waals surface area contributed by atoms with Gasteiger partial charge in [-0.1, -0.05) is 36.4 Å². The van der Waals surface area contributed by atoms with Gasteiger partial charge in [0.25, 0.3) is 5.91 Å². The van der Waals surface area contributed by atoms with E-state index in [-0.39, 0.29) is 5.57 Å². The molecule has 0 aromatic heterocycles. The van der Waals surface area contributed by atoms with Crippen molar-refractivity contribution in [2.45, 2.75) is 34.3 Å². The fourth-order valence-electron chi connectivity index (χ4n) is 3.17. The Hall–Kier alpha value is -3.36. The largest absolute Gasteiger partial charge is 0.488 e. The fraction of sp³-hybridized carbons (Fsp3) is 0.185. The Balaban J connectivity index is 1.73. The van der Waals surface area contributed by atoms with Crippen molar-refractivity contribution >= 4 is 33.6 Å². The number of benzene rings is 3. The van der Waals surface area contributed by atoms with Crippen LogP contribution in [0.1, 0.15) is 33.4 Å². The first-order valence-electron chi connectivity index (χ1n) is 10.3. The minimum atomic E-state index is -0.438. The molecule has 1 amide bonds. The van der Waals surface area contributed by atoms with Gasteiger partial charge in [-0.15, -0.1) is 0 Å². The van der Waals surface area contributed by atoms with Gasteiger partial charge in [-0.2, -0.15) is 5.26 Å². The summed E-state index contributed by atoms with van der Waals surface area (Å²) < 4.78 is 6.70. The quantitative estimate of drug-likeness (QED) is 0.306. The van der Waals surface area contributed by atoms with E-state index in [4.69, 9.17) is 4.74 Å². The minimum absolute atomic E-state index is 0.0293. The highest BCUT2D eigenvalue weighted by molar-refractivity contribution is 9.10. The summed E-state index contributed by atoms with van der Waals surface area (Å²) in [5, 5.41) is 12.3. The number of amides is 1. The maximum Gasteiger partial charge on any atom is 0.266 e. The molecule has 0 radical (unpaired) electrons. The van der Waals surface area contributed by atoms with Crippen LogP contribution in [0.25, 0.3) is 6.08 Å². The van der Waals surface area contributed by atoms with Crippen molar-refractivity contribution in [3.05, 3.63) is 98.0 Å². The van der Waals surface area contributed by atoms with E-state index in [1.807, 2.05) is 56.3 Å². The molecule has 5 heteroatoms. The van der Waals surface area contributed by atoms with Crippen LogP contribution in [0.15, 0.2) is 64.6 Å². The lowest BCUT2D eigenvalue weighted by atomic mass is 10.1. The van der Waals surface area contributed by atoms with Crippen molar-refractivity contribution in [2.24, 2.45) is 0 Å². The van der Waals surface area contributed by atoms with Crippen molar-refractivity contribution in [3.8, 4) is 11.8 Å². The number of hydrogen-bond donors (Lipinski definition) is 1. The predicted octanol–water partition coefficient (Wildman–Crippen LogP) is 6.81. The number of carbonyl (C=O) groups excluding carboxylic acids is 1. The van der Waals surface area contributed by atoms with Crippen LogP contribution in [0.3, 0.4) is 0 Å². The summed E-state index contributed by atoms with van der Waals surface area (Å²) in [4.78, 5) is 12.6. The van der Waals surface area contributed by atoms with E-state index in [0.717, 1.165) is 26.7 Å². The molecule has 0 bridgehead atoms. The number of halogens is 1. The number of rotatable bonds is 6. The Morgan fingerprint density at radius 2 is 1.81 bits per heavy atom. The van der Waals surface area contributed by atoms with Crippen molar-refractivity contribution in [1.29, 1.82) is 5.26 Å². The maximum atomic E-state index is 12.6. The minimum Gasteiger partial charge on any atom is -0.488 e. The van der Waals surface area contributed by atoms with Crippen LogP contribution in [0.2, 0.25) is 0 Å². The molecular weight excluding hydrogens is 464 g/mol. The molecule has 3 rings (SSSR count). The Morgan fingerprint density at radius 3 is 2.50 bits per heavy atom. The van der Waals surface area contributed by atoms with Crippen molar-refractivity contribution < 1.29 is 9.53 Å². The third-order valence-corrected chi connectivity index (χ3v) is 6.07. The number of carbonyl (C=O) groups is 1. The zero-order valence-corrected chi connectivity index (χ0v) is 20.2. The Morgan fingerprint density at radius 1 is 1.03 bits per heavy atom. The lowest BCUT2D eigenvalue weighted by Gasteiger charge is -2.11. The monoisotopic (exact) mass is 488 g/mol. The van der Waals surface area contributed by atoms with Crippen LogP contribution >= 0.6 is 15.9 Å². The van der Waals surface area contributed by atoms with Crippen LogP contribution in [0, 0.1) is 39.0 Å². The molecule has 3 aromatic rings. The van der Waals surface area contributed by atoms with E-state index in [9.17, 15) is 10.1 Å². The van der Waals surface area contributed by atoms with Crippen LogP contribution < -0.4 is 10.1 Å². The second-order valence-electron chi connectivity index (χ2n) is 7.77. The molecule has 0 aliphatic carbocycles. The van der Waals surface area contributed by atoms with Crippen molar-refractivity contribution in [2.75, 3.05) is 5.32 Å². The lowest BCUT2D eigenvalue weighted by Crippen LogP contribution is -2.14. The van der Waals surface area contributed by atoms with E-state index >= 15 is 0 Å². The third kappa shape index (κ3) is 5.66. The van der Waals surface area contributed by atoms with Crippen LogP contribution in [-0.4, -0.2) is 5.91 Å². The number of nitrogens with one attached hydrogen (secondary N) is 1. The van der Waals surface area contributed by atoms with Gasteiger partial charge in [0.15, 0.2) is 0 Å². The van der Waals surface area contributed by atoms with Crippen molar-refractivity contribution in [3.63, 3.8) is 0 Å². The van der Waals surface area contributed by atoms with Gasteiger partial charge in [0, 0.05) is 5.69 Å². The molecular formula is C27H25BrN2O2. The number of anilines is 1. The standard InChI is InChI=1S/C27H25BrN2O2/c1-17-8-9-22(12-19(17)3)16-32-26-11-10-21(14-24(26)28)13-23(15-29)27(31)30-25-7-5-6-18(2)20(25)4/h5-14H,16H2,1-4H3,(H,30,31)/b23-13+. The molecule has 0 aliphatic rings. The van der Waals surface area contributed by atoms with Gasteiger partial charge in [-0.05, 0) is 101 Å². The molecule has 0 spiro atoms. The topological polar surface area (TPSA) is 62.1 Å². The molecule has 0 fully saturated rings. The van der Waals surface area contributed by atoms with Gasteiger partial charge in [0.1, 0.15) is 24.0 Å². The summed E-state index contributed by atoms with van der Waals surface area (Å²) in [5.74, 6) is 0.256. The highest BCUT2D eigenvalue weighted by atomic mass is 79.9. The van der Waals surface area contributed by atoms with E-state index in [1.54, 1.807) is 6.08 Å². The van der Waals surface area contributed by atoms with Crippen LogP contribution in [0.4, 0.5) is 5.69 Å². The van der Waals surface area contributed by atoms with Gasteiger partial charge < -0.3 is 10.1 Å². The zero-order chi connectivity index (χ0) is 23.3. The number of hydrogen-bond acceptors (Lipinski definition) is 3. The van der Waals surface area contributed by atoms with Crippen molar-refractivity contribution in [1.82, 2.24) is 0 Å². The predicted molar refractivity (Wildman–Crippen MR) is 133 cm³/mol. The van der Waals surface area contributed by atoms with E-state index < -0.39 is 5.91 Å². The first kappa shape index (κ1) is 23.3. The van der Waals surface area contributed by atoms with Gasteiger partial charge in [0.05, 0.1) is 4.47 Å². The summed E-state index contributed by atoms with van der Waals surface area (Å²) in [7, 11) is 0. The average molecular weight is 489 g/mol. The number of aryl methyl sites for hydroxylation is 3. The number of nitrogens with zero attached hydrogens (tertiary/aromatic N) is 1. The summed E-state index contributed by atoms with van der Waals surface area (Å²) >= 11 is 3.53. The average Bonchev–Trinajstić information content (AvgIpc) is 2.76. The fourth-order valence-corrected chi connectivity index (χ4v) is 3.68. The first-order chi connectivity index (χ1) is 15.3. The molecule has 0 atom stereocenters. The zero-order valence-electron chi connectivity index (χ0n) is 18.6. The van der Waals surface area contributed by atoms with Gasteiger partial charge in [0.2, 0.25) is 0 Å². The molecule has 0 unspecified atom stereocenters. The molecule has 0 heterocycles. The molecule has 32 heavy (non-hydrogen) atoms. The highest BCUT2D eigenvalue weighted by Crippen LogP contribution is 2.28. The third-order valence-electron chi connectivity index (χ3n) is 5.45. The molecule has 3 aromatic carbocycles. The van der Waals surface area contributed by atoms with E-state index in [1.165, 1.54) is 11.1 Å². The normalized spacial score (nSPS) is 11.1. The highest BCUT2D eigenvalue weighted by Gasteiger charge is 2.12. The smallest absolute Gasteiger partial charge is 0.266 e. The Labute approximate surface area is 197 Å². The molecule has 1 N–H and O–H groups in total. The summed E-state index contributed by atoms with van der Waals surface area (Å²) in [6.45, 7) is 8.54. The second-order valence-corrected chi connectivity index (χ2v) is 8.62. The Bertz CT molecular complexity index is 1240. The molecule has 0 saturated carbocycles. The van der Waals surface area contributed by atoms with Crippen LogP contribution in [0.5, 0.6) is 5.75 Å². The van der Waals surface area contributed by atoms with E-state index in [2.05, 4.69) is 53.3 Å². The van der Waals surface area contributed by atoms with Gasteiger partial charge >= 0.3 is 0 Å². The second kappa shape index (κ2) is 10.3. The number of ether oxygens (including phenoxy) is 1. The Kier molecular flexibility index (Phi) is 7.50. The molecule has 4 nitrogen and oxygen atoms in total. The van der Waals surface area contributed by atoms with E-state index in [0.29, 0.717) is 18.0 Å². The molecule has 0 saturated heterocycles. The molecule has 162 valence electrons. The van der Waals surface area contributed by atoms with Gasteiger partial charge in [-0.25, -0.2) is 0 Å². The SMILES string of the molecule is Cc1ccc(COc2ccc(/C=C(\C#N)C(=O)Nc3cccc(C)c3C)cc2Br)cc1C. The maximum absolute atomic E-state index is 12.6. The summed E-state index contributed by atoms with van der Waals surface area (Å²) in [6, 6.07) is 19.4. The van der Waals surface area contributed by atoms with Gasteiger partial charge in [-0.3, -0.25) is 4.79 Å². The summed E-state index contributed by atoms with van der Waals surface area (Å²) in [6.07, 6.45) is 1.57. The lowest BCUT2D eigenvalue weighted by molar-refractivity contribution is -0.112. The molecule has 0 aliphatic heterocycles. The van der Waals surface area contributed by atoms with Crippen LogP contribution in [-0.2, 0) is 11.4 Å². The first-order valence-corrected chi connectivity index (χ1v) is 11.1. The summed E-state index contributed by atoms with van der Waals surface area (Å²) in [5.41, 5.74) is 7.09.